The van der Waals surface area contributed by atoms with Crippen LogP contribution in [0, 0.1) is 12.7 Å². The molecule has 0 spiro atoms. The molecule has 1 N–H and O–H groups in total. The number of benzene rings is 2. The summed E-state index contributed by atoms with van der Waals surface area (Å²) in [4.78, 5) is 29.8. The molecule has 1 aliphatic heterocycles. The van der Waals surface area contributed by atoms with Crippen LogP contribution in [0.5, 0.6) is 0 Å². The Morgan fingerprint density at radius 3 is 2.28 bits per heavy atom. The van der Waals surface area contributed by atoms with E-state index in [1.807, 2.05) is 38.1 Å². The van der Waals surface area contributed by atoms with Crippen LogP contribution in [-0.2, 0) is 16.0 Å². The minimum absolute atomic E-state index is 0.00190. The van der Waals surface area contributed by atoms with E-state index in [2.05, 4.69) is 11.8 Å². The second kappa shape index (κ2) is 10.1. The van der Waals surface area contributed by atoms with E-state index < -0.39 is 23.5 Å². The molecule has 1 amide bonds. The van der Waals surface area contributed by atoms with Crippen molar-refractivity contribution in [2.24, 2.45) is 0 Å². The van der Waals surface area contributed by atoms with Crippen molar-refractivity contribution in [2.75, 3.05) is 26.2 Å². The molecular weight excluding hydrogens is 407 g/mol. The van der Waals surface area contributed by atoms with Crippen LogP contribution in [0.3, 0.4) is 0 Å². The van der Waals surface area contributed by atoms with Crippen LogP contribution in [0.15, 0.2) is 48.0 Å². The molecule has 170 valence electrons. The number of nitrogens with zero attached hydrogens (tertiary/aromatic N) is 2. The molecule has 2 aromatic carbocycles. The molecule has 1 unspecified atom stereocenters. The molecule has 0 saturated carbocycles. The maximum absolute atomic E-state index is 14.2. The van der Waals surface area contributed by atoms with Crippen LogP contribution in [0.25, 0.3) is 5.76 Å². The molecule has 1 aliphatic rings. The number of likely N-dealkylation sites (tertiary alicyclic amines) is 1. The Labute approximate surface area is 189 Å². The van der Waals surface area contributed by atoms with Gasteiger partial charge in [-0.25, -0.2) is 4.39 Å². The fourth-order valence-corrected chi connectivity index (χ4v) is 4.08. The summed E-state index contributed by atoms with van der Waals surface area (Å²) in [6.45, 7) is 10.4. The summed E-state index contributed by atoms with van der Waals surface area (Å²) in [6.07, 6.45) is 0.866. The first-order valence-electron chi connectivity index (χ1n) is 11.2. The van der Waals surface area contributed by atoms with E-state index >= 15 is 0 Å². The highest BCUT2D eigenvalue weighted by Crippen LogP contribution is 2.39. The average Bonchev–Trinajstić information content (AvgIpc) is 3.06. The molecule has 1 saturated heterocycles. The lowest BCUT2D eigenvalue weighted by atomic mass is 9.94. The van der Waals surface area contributed by atoms with Gasteiger partial charge in [0, 0.05) is 18.7 Å². The maximum atomic E-state index is 14.2. The molecule has 1 fully saturated rings. The molecule has 0 radical (unpaired) electrons. The Morgan fingerprint density at radius 1 is 1.06 bits per heavy atom. The first kappa shape index (κ1) is 23.7. The van der Waals surface area contributed by atoms with Gasteiger partial charge in [-0.15, -0.1) is 0 Å². The van der Waals surface area contributed by atoms with Gasteiger partial charge >= 0.3 is 0 Å². The average molecular weight is 439 g/mol. The zero-order valence-corrected chi connectivity index (χ0v) is 19.2. The van der Waals surface area contributed by atoms with Crippen molar-refractivity contribution in [3.63, 3.8) is 0 Å². The Bertz CT molecular complexity index is 1030. The fraction of sp³-hybridized carbons (Fsp3) is 0.385. The van der Waals surface area contributed by atoms with Gasteiger partial charge in [-0.2, -0.15) is 0 Å². The quantitative estimate of drug-likeness (QED) is 0.376. The Balaban J connectivity index is 2.11. The first-order valence-corrected chi connectivity index (χ1v) is 11.2. The number of hydrogen-bond donors (Lipinski definition) is 1. The van der Waals surface area contributed by atoms with Crippen molar-refractivity contribution in [1.29, 1.82) is 0 Å². The van der Waals surface area contributed by atoms with Crippen LogP contribution in [-0.4, -0.2) is 52.8 Å². The van der Waals surface area contributed by atoms with E-state index in [1.165, 1.54) is 11.0 Å². The highest BCUT2D eigenvalue weighted by molar-refractivity contribution is 6.46. The largest absolute Gasteiger partial charge is 0.507 e. The SMILES string of the molecule is CCc1ccc(C2/C(=C(\O)c3ccc(C)c(F)c3)C(=O)C(=O)N2CCN(CC)CC)cc1. The van der Waals surface area contributed by atoms with Gasteiger partial charge in [0.2, 0.25) is 0 Å². The van der Waals surface area contributed by atoms with Crippen molar-refractivity contribution in [3.8, 4) is 0 Å². The van der Waals surface area contributed by atoms with Crippen molar-refractivity contribution in [3.05, 3.63) is 76.1 Å². The molecule has 0 aromatic heterocycles. The Kier molecular flexibility index (Phi) is 7.46. The van der Waals surface area contributed by atoms with Crippen LogP contribution >= 0.6 is 0 Å². The maximum Gasteiger partial charge on any atom is 0.295 e. The molecule has 32 heavy (non-hydrogen) atoms. The van der Waals surface area contributed by atoms with Gasteiger partial charge in [0.15, 0.2) is 0 Å². The van der Waals surface area contributed by atoms with Crippen LogP contribution in [0.4, 0.5) is 4.39 Å². The monoisotopic (exact) mass is 438 g/mol. The minimum atomic E-state index is -0.743. The molecule has 0 bridgehead atoms. The van der Waals surface area contributed by atoms with Crippen molar-refractivity contribution < 1.29 is 19.1 Å². The van der Waals surface area contributed by atoms with Gasteiger partial charge in [-0.1, -0.05) is 57.2 Å². The molecule has 0 aliphatic carbocycles. The number of carbonyl (C=O) groups is 2. The van der Waals surface area contributed by atoms with Gasteiger partial charge in [0.05, 0.1) is 11.6 Å². The van der Waals surface area contributed by atoms with E-state index in [0.717, 1.165) is 30.6 Å². The summed E-state index contributed by atoms with van der Waals surface area (Å²) in [5.41, 5.74) is 2.50. The zero-order valence-electron chi connectivity index (χ0n) is 19.2. The number of rotatable bonds is 8. The number of amides is 1. The van der Waals surface area contributed by atoms with Crippen molar-refractivity contribution in [1.82, 2.24) is 9.80 Å². The number of aliphatic hydroxyl groups is 1. The van der Waals surface area contributed by atoms with Crippen LogP contribution in [0.1, 0.15) is 49.1 Å². The first-order chi connectivity index (χ1) is 15.3. The summed E-state index contributed by atoms with van der Waals surface area (Å²) in [6, 6.07) is 11.3. The molecule has 1 atom stereocenters. The predicted octanol–water partition coefficient (Wildman–Crippen LogP) is 4.46. The smallest absolute Gasteiger partial charge is 0.295 e. The standard InChI is InChI=1S/C26H31FN2O3/c1-5-18-9-12-19(13-10-18)23-22(24(30)20-11-8-17(4)21(27)16-20)25(31)26(32)29(23)15-14-28(6-2)7-3/h8-13,16,23,30H,5-7,14-15H2,1-4H3/b24-22+. The van der Waals surface area contributed by atoms with Crippen LogP contribution < -0.4 is 0 Å². The van der Waals surface area contributed by atoms with Gasteiger partial charge in [0.1, 0.15) is 11.6 Å². The lowest BCUT2D eigenvalue weighted by Crippen LogP contribution is -2.38. The third kappa shape index (κ3) is 4.60. The predicted molar refractivity (Wildman–Crippen MR) is 124 cm³/mol. The van der Waals surface area contributed by atoms with E-state index in [4.69, 9.17) is 0 Å². The third-order valence-corrected chi connectivity index (χ3v) is 6.24. The summed E-state index contributed by atoms with van der Waals surface area (Å²) in [5.74, 6) is -2.21. The molecular formula is C26H31FN2O3. The van der Waals surface area contributed by atoms with E-state index in [0.29, 0.717) is 18.7 Å². The number of carbonyl (C=O) groups excluding carboxylic acids is 2. The fourth-order valence-electron chi connectivity index (χ4n) is 4.08. The molecule has 6 heteroatoms. The Hall–Kier alpha value is -2.99. The lowest BCUT2D eigenvalue weighted by molar-refractivity contribution is -0.140. The summed E-state index contributed by atoms with van der Waals surface area (Å²) >= 11 is 0. The van der Waals surface area contributed by atoms with Crippen LogP contribution in [0.2, 0.25) is 0 Å². The van der Waals surface area contributed by atoms with Crippen molar-refractivity contribution >= 4 is 17.4 Å². The molecule has 5 nitrogen and oxygen atoms in total. The number of aryl methyl sites for hydroxylation is 2. The Morgan fingerprint density at radius 2 is 1.72 bits per heavy atom. The van der Waals surface area contributed by atoms with Gasteiger partial charge < -0.3 is 14.9 Å². The lowest BCUT2D eigenvalue weighted by Gasteiger charge is -2.28. The second-order valence-electron chi connectivity index (χ2n) is 8.08. The summed E-state index contributed by atoms with van der Waals surface area (Å²) in [5, 5.41) is 11.0. The number of likely N-dealkylation sites (N-methyl/N-ethyl adjacent to an activating group) is 1. The van der Waals surface area contributed by atoms with E-state index in [1.54, 1.807) is 19.1 Å². The number of Topliss-reactive ketones (excluding diaryl/α,β-unsaturated/α-hetero) is 1. The van der Waals surface area contributed by atoms with E-state index in [-0.39, 0.29) is 16.9 Å². The third-order valence-electron chi connectivity index (χ3n) is 6.24. The molecule has 1 heterocycles. The molecule has 3 rings (SSSR count). The normalized spacial score (nSPS) is 18.1. The number of hydrogen-bond acceptors (Lipinski definition) is 4. The topological polar surface area (TPSA) is 60.9 Å². The number of ketones is 1. The minimum Gasteiger partial charge on any atom is -0.507 e. The number of halogens is 1. The van der Waals surface area contributed by atoms with Gasteiger partial charge in [0.25, 0.3) is 11.7 Å². The summed E-state index contributed by atoms with van der Waals surface area (Å²) < 4.78 is 14.2. The van der Waals surface area contributed by atoms with Crippen molar-refractivity contribution in [2.45, 2.75) is 40.2 Å². The molecule has 2 aromatic rings. The highest BCUT2D eigenvalue weighted by Gasteiger charge is 2.46. The van der Waals surface area contributed by atoms with Gasteiger partial charge in [-0.05, 0) is 49.2 Å². The zero-order chi connectivity index (χ0) is 23.4. The highest BCUT2D eigenvalue weighted by atomic mass is 19.1. The summed E-state index contributed by atoms with van der Waals surface area (Å²) in [7, 11) is 0. The van der Waals surface area contributed by atoms with E-state index in [9.17, 15) is 19.1 Å². The van der Waals surface area contributed by atoms with Gasteiger partial charge in [-0.3, -0.25) is 9.59 Å². The second-order valence-corrected chi connectivity index (χ2v) is 8.08. The number of aliphatic hydroxyl groups excluding tert-OH is 1.